The molecule has 0 aliphatic carbocycles. The van der Waals surface area contributed by atoms with Gasteiger partial charge in [0, 0.05) is 36.7 Å². The lowest BCUT2D eigenvalue weighted by Crippen LogP contribution is -2.30. The molecule has 0 amide bonds. The summed E-state index contributed by atoms with van der Waals surface area (Å²) in [5.41, 5.74) is 3.89. The normalized spacial score (nSPS) is 15.3. The molecule has 2 aromatic heterocycles. The molecule has 150 valence electrons. The monoisotopic (exact) mass is 400 g/mol. The van der Waals surface area contributed by atoms with Crippen LogP contribution in [0.5, 0.6) is 0 Å². The smallest absolute Gasteiger partial charge is 0.363 e. The molecule has 1 aliphatic heterocycles. The maximum absolute atomic E-state index is 12.9. The summed E-state index contributed by atoms with van der Waals surface area (Å²) in [4.78, 5) is 10.1. The Morgan fingerprint density at radius 2 is 2.10 bits per heavy atom. The molecule has 1 unspecified atom stereocenters. The van der Waals surface area contributed by atoms with Gasteiger partial charge < -0.3 is 5.32 Å². The Hall–Kier alpha value is -3.12. The van der Waals surface area contributed by atoms with Gasteiger partial charge in [0.2, 0.25) is 5.78 Å². The van der Waals surface area contributed by atoms with Crippen LogP contribution in [0.25, 0.3) is 5.78 Å². The molecule has 0 saturated heterocycles. The van der Waals surface area contributed by atoms with E-state index in [-0.39, 0.29) is 19.1 Å². The predicted molar refractivity (Wildman–Crippen MR) is 101 cm³/mol. The zero-order valence-corrected chi connectivity index (χ0v) is 16.0. The molecule has 1 aliphatic rings. The molecule has 0 fully saturated rings. The topological polar surface area (TPSA) is 69.2 Å². The lowest BCUT2D eigenvalue weighted by atomic mass is 9.98. The number of benzene rings is 1. The van der Waals surface area contributed by atoms with Crippen molar-refractivity contribution in [3.05, 3.63) is 58.5 Å². The van der Waals surface area contributed by atoms with Crippen molar-refractivity contribution in [3.63, 3.8) is 0 Å². The van der Waals surface area contributed by atoms with Gasteiger partial charge in [0.15, 0.2) is 0 Å². The molecule has 9 heteroatoms. The number of anilines is 1. The Bertz CT molecular complexity index is 1110. The Morgan fingerprint density at radius 1 is 1.31 bits per heavy atom. The summed E-state index contributed by atoms with van der Waals surface area (Å²) in [5, 5.41) is 12.6. The number of nitrogens with one attached hydrogen (secondary N) is 1. The molecule has 4 rings (SSSR count). The highest BCUT2D eigenvalue weighted by atomic mass is 19.4. The van der Waals surface area contributed by atoms with Crippen LogP contribution in [0.3, 0.4) is 0 Å². The molecular weight excluding hydrogens is 381 g/mol. The average Bonchev–Trinajstić information content (AvgIpc) is 3.26. The Balaban J connectivity index is 1.69. The second-order valence-electron chi connectivity index (χ2n) is 7.24. The first-order valence-corrected chi connectivity index (χ1v) is 9.17. The van der Waals surface area contributed by atoms with E-state index in [1.165, 1.54) is 4.90 Å². The van der Waals surface area contributed by atoms with Crippen LogP contribution in [0.4, 0.5) is 19.0 Å². The fourth-order valence-corrected chi connectivity index (χ4v) is 3.88. The molecule has 0 saturated carbocycles. The molecule has 1 aromatic carbocycles. The highest BCUT2D eigenvalue weighted by molar-refractivity contribution is 5.56. The van der Waals surface area contributed by atoms with Gasteiger partial charge in [-0.2, -0.15) is 23.4 Å². The van der Waals surface area contributed by atoms with Crippen molar-refractivity contribution in [2.45, 2.75) is 39.2 Å². The number of alkyl halides is 3. The van der Waals surface area contributed by atoms with Crippen molar-refractivity contribution in [2.75, 3.05) is 11.9 Å². The largest absolute Gasteiger partial charge is 0.401 e. The number of hydrogen-bond acceptors (Lipinski definition) is 5. The summed E-state index contributed by atoms with van der Waals surface area (Å²) < 4.78 is 40.5. The van der Waals surface area contributed by atoms with E-state index in [2.05, 4.69) is 21.4 Å². The zero-order chi connectivity index (χ0) is 20.8. The number of rotatable bonds is 4. The third kappa shape index (κ3) is 3.63. The van der Waals surface area contributed by atoms with Crippen molar-refractivity contribution in [3.8, 4) is 6.07 Å². The fraction of sp³-hybridized carbons (Fsp3) is 0.350. The molecule has 0 bridgehead atoms. The van der Waals surface area contributed by atoms with E-state index >= 15 is 0 Å². The minimum atomic E-state index is -4.26. The van der Waals surface area contributed by atoms with Crippen LogP contribution >= 0.6 is 0 Å². The quantitative estimate of drug-likeness (QED) is 0.718. The van der Waals surface area contributed by atoms with Crippen LogP contribution in [0.1, 0.15) is 40.9 Å². The Morgan fingerprint density at radius 3 is 2.83 bits per heavy atom. The fourth-order valence-electron chi connectivity index (χ4n) is 3.88. The van der Waals surface area contributed by atoms with E-state index in [0.29, 0.717) is 17.2 Å². The van der Waals surface area contributed by atoms with Crippen LogP contribution in [-0.2, 0) is 13.1 Å². The first-order chi connectivity index (χ1) is 13.8. The van der Waals surface area contributed by atoms with E-state index < -0.39 is 12.7 Å². The number of fused-ring (bicyclic) bond motifs is 3. The number of aromatic nitrogens is 3. The van der Waals surface area contributed by atoms with Crippen molar-refractivity contribution >= 4 is 11.6 Å². The van der Waals surface area contributed by atoms with Gasteiger partial charge in [0.05, 0.1) is 24.2 Å². The summed E-state index contributed by atoms with van der Waals surface area (Å²) in [7, 11) is 0. The Labute approximate surface area is 165 Å². The van der Waals surface area contributed by atoms with Gasteiger partial charge in [-0.3, -0.25) is 9.30 Å². The summed E-state index contributed by atoms with van der Waals surface area (Å²) >= 11 is 0. The lowest BCUT2D eigenvalue weighted by Gasteiger charge is -2.20. The Kier molecular flexibility index (Phi) is 4.67. The van der Waals surface area contributed by atoms with Gasteiger partial charge in [-0.25, -0.2) is 4.98 Å². The maximum atomic E-state index is 12.9. The summed E-state index contributed by atoms with van der Waals surface area (Å²) in [6.07, 6.45) is -0.964. The van der Waals surface area contributed by atoms with Crippen molar-refractivity contribution in [1.82, 2.24) is 19.3 Å². The molecule has 0 spiro atoms. The van der Waals surface area contributed by atoms with Crippen LogP contribution in [0.2, 0.25) is 0 Å². The van der Waals surface area contributed by atoms with E-state index in [4.69, 9.17) is 0 Å². The van der Waals surface area contributed by atoms with Crippen molar-refractivity contribution in [2.24, 2.45) is 0 Å². The van der Waals surface area contributed by atoms with Gasteiger partial charge in [-0.1, -0.05) is 12.1 Å². The number of imidazole rings is 1. The minimum absolute atomic E-state index is 0.155. The van der Waals surface area contributed by atoms with Gasteiger partial charge in [-0.05, 0) is 31.0 Å². The third-order valence-corrected chi connectivity index (χ3v) is 5.23. The van der Waals surface area contributed by atoms with Gasteiger partial charge in [-0.15, -0.1) is 0 Å². The first-order valence-electron chi connectivity index (χ1n) is 9.17. The summed E-state index contributed by atoms with van der Waals surface area (Å²) in [5.74, 6) is 0.965. The average molecular weight is 400 g/mol. The third-order valence-electron chi connectivity index (χ3n) is 5.23. The number of hydrogen-bond donors (Lipinski definition) is 1. The molecule has 0 radical (unpaired) electrons. The van der Waals surface area contributed by atoms with Gasteiger partial charge in [0.1, 0.15) is 5.82 Å². The van der Waals surface area contributed by atoms with E-state index in [9.17, 15) is 18.4 Å². The second-order valence-corrected chi connectivity index (χ2v) is 7.24. The van der Waals surface area contributed by atoms with E-state index in [0.717, 1.165) is 22.4 Å². The first kappa shape index (κ1) is 19.2. The molecule has 29 heavy (non-hydrogen) atoms. The number of nitriles is 1. The molecule has 3 heterocycles. The highest BCUT2D eigenvalue weighted by Crippen LogP contribution is 2.33. The minimum Gasteiger partial charge on any atom is -0.363 e. The van der Waals surface area contributed by atoms with Crippen LogP contribution in [0, 0.1) is 18.3 Å². The summed E-state index contributed by atoms with van der Waals surface area (Å²) in [6, 6.07) is 7.49. The summed E-state index contributed by atoms with van der Waals surface area (Å²) in [6.45, 7) is 3.18. The molecule has 1 atom stereocenters. The van der Waals surface area contributed by atoms with E-state index in [1.54, 1.807) is 22.9 Å². The van der Waals surface area contributed by atoms with Crippen LogP contribution in [0.15, 0.2) is 30.6 Å². The van der Waals surface area contributed by atoms with Crippen LogP contribution < -0.4 is 5.32 Å². The van der Waals surface area contributed by atoms with Crippen LogP contribution in [-0.4, -0.2) is 32.0 Å². The molecular formula is C20H19F3N6. The van der Waals surface area contributed by atoms with E-state index in [1.807, 2.05) is 26.0 Å². The standard InChI is InChI=1S/C20H19F3N6/c1-12-14(8-24)4-3-5-15(12)13(2)26-18-16-9-28(11-20(21,22)23)10-17(16)29-7-6-25-19(29)27-18/h3-7,13H,9-11H2,1-2H3,(H,25,26,27). The lowest BCUT2D eigenvalue weighted by molar-refractivity contribution is -0.147. The van der Waals surface area contributed by atoms with Gasteiger partial charge in [0.25, 0.3) is 0 Å². The molecule has 3 aromatic rings. The van der Waals surface area contributed by atoms with Crippen molar-refractivity contribution in [1.29, 1.82) is 5.26 Å². The second kappa shape index (κ2) is 7.04. The number of nitrogens with zero attached hydrogens (tertiary/aromatic N) is 5. The highest BCUT2D eigenvalue weighted by Gasteiger charge is 2.35. The predicted octanol–water partition coefficient (Wildman–Crippen LogP) is 3.96. The molecule has 1 N–H and O–H groups in total. The van der Waals surface area contributed by atoms with Gasteiger partial charge >= 0.3 is 6.18 Å². The SMILES string of the molecule is Cc1c(C#N)cccc1C(C)Nc1nc2nccn2c2c1CN(CC(F)(F)F)C2. The molecule has 6 nitrogen and oxygen atoms in total. The zero-order valence-electron chi connectivity index (χ0n) is 16.0. The van der Waals surface area contributed by atoms with Crippen molar-refractivity contribution < 1.29 is 13.2 Å². The number of halogens is 3. The maximum Gasteiger partial charge on any atom is 0.401 e.